The van der Waals surface area contributed by atoms with E-state index in [0.717, 1.165) is 41.8 Å². The number of hydrogen-bond donors (Lipinski definition) is 0. The van der Waals surface area contributed by atoms with Crippen LogP contribution in [0.4, 0.5) is 0 Å². The zero-order valence-corrected chi connectivity index (χ0v) is 20.7. The number of carbonyl (C=O) groups excluding carboxylic acids is 2. The van der Waals surface area contributed by atoms with E-state index in [-0.39, 0.29) is 30.4 Å². The molecule has 6 heteroatoms. The first-order valence-electron chi connectivity index (χ1n) is 12.3. The zero-order chi connectivity index (χ0) is 24.2. The maximum atomic E-state index is 13.6. The van der Waals surface area contributed by atoms with Crippen molar-refractivity contribution in [3.63, 3.8) is 0 Å². The van der Waals surface area contributed by atoms with Crippen molar-refractivity contribution in [1.29, 1.82) is 0 Å². The molecule has 0 unspecified atom stereocenters. The summed E-state index contributed by atoms with van der Waals surface area (Å²) in [6, 6.07) is 14.6. The standard InChI is InChI=1S/C28H35N3O3/c1-5-34-28(33)23-7-6-14-30(17-23)18-27(32)31-26(24-15-20(3)8-11-21(24)4)16-25(29-31)22-12-9-19(2)10-13-22/h8-13,15,23,26H,5-7,14,16-18H2,1-4H3/t23-,26-/m1/s1. The monoisotopic (exact) mass is 461 g/mol. The summed E-state index contributed by atoms with van der Waals surface area (Å²) in [7, 11) is 0. The molecule has 4 rings (SSSR count). The van der Waals surface area contributed by atoms with Gasteiger partial charge in [-0.05, 0) is 63.8 Å². The number of carbonyl (C=O) groups is 2. The van der Waals surface area contributed by atoms with E-state index in [1.807, 2.05) is 6.92 Å². The smallest absolute Gasteiger partial charge is 0.310 e. The Balaban J connectivity index is 1.57. The summed E-state index contributed by atoms with van der Waals surface area (Å²) >= 11 is 0. The Morgan fingerprint density at radius 2 is 1.79 bits per heavy atom. The molecule has 0 spiro atoms. The van der Waals surface area contributed by atoms with Gasteiger partial charge >= 0.3 is 5.97 Å². The largest absolute Gasteiger partial charge is 0.466 e. The summed E-state index contributed by atoms with van der Waals surface area (Å²) in [6.07, 6.45) is 2.38. The first-order valence-corrected chi connectivity index (χ1v) is 12.3. The van der Waals surface area contributed by atoms with Gasteiger partial charge in [0.25, 0.3) is 5.91 Å². The Labute approximate surface area is 202 Å². The van der Waals surface area contributed by atoms with Gasteiger partial charge in [-0.15, -0.1) is 0 Å². The van der Waals surface area contributed by atoms with Crippen molar-refractivity contribution in [2.75, 3.05) is 26.2 Å². The van der Waals surface area contributed by atoms with Crippen LogP contribution in [0.25, 0.3) is 0 Å². The average molecular weight is 462 g/mol. The number of piperidine rings is 1. The second-order valence-corrected chi connectivity index (χ2v) is 9.56. The van der Waals surface area contributed by atoms with Crippen LogP contribution in [-0.2, 0) is 14.3 Å². The van der Waals surface area contributed by atoms with Crippen molar-refractivity contribution in [2.24, 2.45) is 11.0 Å². The minimum atomic E-state index is -0.165. The normalized spacial score (nSPS) is 20.8. The molecule has 0 N–H and O–H groups in total. The zero-order valence-electron chi connectivity index (χ0n) is 20.7. The van der Waals surface area contributed by atoms with Crippen molar-refractivity contribution < 1.29 is 14.3 Å². The predicted molar refractivity (Wildman–Crippen MR) is 134 cm³/mol. The van der Waals surface area contributed by atoms with Gasteiger partial charge in [0.1, 0.15) is 0 Å². The van der Waals surface area contributed by atoms with Crippen LogP contribution in [0, 0.1) is 26.7 Å². The average Bonchev–Trinajstić information content (AvgIpc) is 3.27. The fraction of sp³-hybridized carbons (Fsp3) is 0.464. The first kappa shape index (κ1) is 24.1. The maximum absolute atomic E-state index is 13.6. The van der Waals surface area contributed by atoms with E-state index in [1.54, 1.807) is 5.01 Å². The molecule has 2 aromatic carbocycles. The van der Waals surface area contributed by atoms with E-state index in [2.05, 4.69) is 68.1 Å². The van der Waals surface area contributed by atoms with Crippen LogP contribution in [0.1, 0.15) is 60.0 Å². The van der Waals surface area contributed by atoms with Crippen LogP contribution in [0.3, 0.4) is 0 Å². The molecular weight excluding hydrogens is 426 g/mol. The Bertz CT molecular complexity index is 1080. The summed E-state index contributed by atoms with van der Waals surface area (Å²) in [6.45, 7) is 10.1. The number of ether oxygens (including phenoxy) is 1. The van der Waals surface area contributed by atoms with Crippen molar-refractivity contribution >= 4 is 17.6 Å². The van der Waals surface area contributed by atoms with Crippen molar-refractivity contribution in [3.8, 4) is 0 Å². The molecular formula is C28H35N3O3. The third kappa shape index (κ3) is 5.39. The van der Waals surface area contributed by atoms with Gasteiger partial charge < -0.3 is 4.74 Å². The number of benzene rings is 2. The Hall–Kier alpha value is -2.99. The van der Waals surface area contributed by atoms with E-state index in [9.17, 15) is 9.59 Å². The second-order valence-electron chi connectivity index (χ2n) is 9.56. The molecule has 180 valence electrons. The van der Waals surface area contributed by atoms with Crippen molar-refractivity contribution in [2.45, 2.75) is 53.0 Å². The highest BCUT2D eigenvalue weighted by Crippen LogP contribution is 2.35. The minimum absolute atomic E-state index is 0.0301. The van der Waals surface area contributed by atoms with E-state index in [4.69, 9.17) is 9.84 Å². The highest BCUT2D eigenvalue weighted by Gasteiger charge is 2.36. The van der Waals surface area contributed by atoms with Crippen LogP contribution in [0.2, 0.25) is 0 Å². The third-order valence-electron chi connectivity index (χ3n) is 6.83. The molecule has 1 saturated heterocycles. The number of amides is 1. The molecule has 1 fully saturated rings. The van der Waals surface area contributed by atoms with Crippen molar-refractivity contribution in [3.05, 3.63) is 70.3 Å². The van der Waals surface area contributed by atoms with Gasteiger partial charge in [-0.3, -0.25) is 14.5 Å². The van der Waals surface area contributed by atoms with Crippen LogP contribution < -0.4 is 0 Å². The summed E-state index contributed by atoms with van der Waals surface area (Å²) in [5.74, 6) is -0.354. The molecule has 0 aromatic heterocycles. The number of likely N-dealkylation sites (tertiary alicyclic amines) is 1. The number of aryl methyl sites for hydroxylation is 3. The molecule has 0 aliphatic carbocycles. The summed E-state index contributed by atoms with van der Waals surface area (Å²) in [5.41, 5.74) is 6.66. The predicted octanol–water partition coefficient (Wildman–Crippen LogP) is 4.56. The minimum Gasteiger partial charge on any atom is -0.466 e. The maximum Gasteiger partial charge on any atom is 0.310 e. The molecule has 2 aliphatic heterocycles. The topological polar surface area (TPSA) is 62.2 Å². The fourth-order valence-electron chi connectivity index (χ4n) is 4.94. The molecule has 0 saturated carbocycles. The Morgan fingerprint density at radius 1 is 1.06 bits per heavy atom. The number of hydrazone groups is 1. The number of esters is 1. The highest BCUT2D eigenvalue weighted by atomic mass is 16.5. The molecule has 34 heavy (non-hydrogen) atoms. The SMILES string of the molecule is CCOC(=O)[C@@H]1CCCN(CC(=O)N2N=C(c3ccc(C)cc3)C[C@@H]2c2cc(C)ccc2C)C1. The molecule has 1 amide bonds. The van der Waals surface area contributed by atoms with Crippen molar-refractivity contribution in [1.82, 2.24) is 9.91 Å². The first-order chi connectivity index (χ1) is 16.4. The molecule has 0 bridgehead atoms. The highest BCUT2D eigenvalue weighted by molar-refractivity contribution is 6.03. The van der Waals surface area contributed by atoms with Gasteiger partial charge in [-0.1, -0.05) is 53.6 Å². The summed E-state index contributed by atoms with van der Waals surface area (Å²) < 4.78 is 5.22. The van der Waals surface area contributed by atoms with Gasteiger partial charge in [0, 0.05) is 13.0 Å². The van der Waals surface area contributed by atoms with Gasteiger partial charge in [0.2, 0.25) is 0 Å². The van der Waals surface area contributed by atoms with E-state index >= 15 is 0 Å². The number of hydrogen-bond acceptors (Lipinski definition) is 5. The molecule has 6 nitrogen and oxygen atoms in total. The lowest BCUT2D eigenvalue weighted by molar-refractivity contribution is -0.150. The van der Waals surface area contributed by atoms with Gasteiger partial charge in [0.05, 0.1) is 30.8 Å². The quantitative estimate of drug-likeness (QED) is 0.592. The summed E-state index contributed by atoms with van der Waals surface area (Å²) in [5, 5.41) is 6.53. The number of rotatable bonds is 6. The lowest BCUT2D eigenvalue weighted by atomic mass is 9.93. The molecule has 2 aliphatic rings. The summed E-state index contributed by atoms with van der Waals surface area (Å²) in [4.78, 5) is 27.9. The van der Waals surface area contributed by atoms with Gasteiger partial charge in [-0.2, -0.15) is 5.10 Å². The second kappa shape index (κ2) is 10.5. The molecule has 2 atom stereocenters. The van der Waals surface area contributed by atoms with Crippen LogP contribution >= 0.6 is 0 Å². The lowest BCUT2D eigenvalue weighted by Gasteiger charge is -2.32. The van der Waals surface area contributed by atoms with Crippen LogP contribution in [0.5, 0.6) is 0 Å². The van der Waals surface area contributed by atoms with E-state index in [0.29, 0.717) is 19.6 Å². The van der Waals surface area contributed by atoms with E-state index < -0.39 is 0 Å². The number of nitrogens with zero attached hydrogens (tertiary/aromatic N) is 3. The van der Waals surface area contributed by atoms with Gasteiger partial charge in [-0.25, -0.2) is 5.01 Å². The Morgan fingerprint density at radius 3 is 2.53 bits per heavy atom. The molecule has 2 heterocycles. The van der Waals surface area contributed by atoms with Gasteiger partial charge in [0.15, 0.2) is 0 Å². The molecule has 0 radical (unpaired) electrons. The van der Waals surface area contributed by atoms with Crippen LogP contribution in [-0.4, -0.2) is 53.7 Å². The third-order valence-corrected chi connectivity index (χ3v) is 6.83. The van der Waals surface area contributed by atoms with E-state index in [1.165, 1.54) is 11.1 Å². The lowest BCUT2D eigenvalue weighted by Crippen LogP contribution is -2.44. The molecule has 2 aromatic rings. The Kier molecular flexibility index (Phi) is 7.47. The fourth-order valence-corrected chi connectivity index (χ4v) is 4.94. The van der Waals surface area contributed by atoms with Crippen LogP contribution in [0.15, 0.2) is 47.6 Å².